The maximum absolute atomic E-state index is 2.67. The van der Waals surface area contributed by atoms with Crippen LogP contribution in [0.5, 0.6) is 0 Å². The molecule has 0 fully saturated rings. The van der Waals surface area contributed by atoms with Gasteiger partial charge in [-0.3, -0.25) is 0 Å². The van der Waals surface area contributed by atoms with Crippen LogP contribution in [0.1, 0.15) is 101 Å². The molecule has 0 amide bonds. The molecule has 0 bridgehead atoms. The third kappa shape index (κ3) is 6.24. The summed E-state index contributed by atoms with van der Waals surface area (Å²) in [7, 11) is 0. The van der Waals surface area contributed by atoms with Crippen molar-refractivity contribution >= 4 is 99.4 Å². The zero-order valence-corrected chi connectivity index (χ0v) is 39.8. The predicted octanol–water partition coefficient (Wildman–Crippen LogP) is 15.0. The summed E-state index contributed by atoms with van der Waals surface area (Å²) in [6.07, 6.45) is 0. The van der Waals surface area contributed by atoms with Crippen molar-refractivity contribution in [2.24, 2.45) is 0 Å². The van der Waals surface area contributed by atoms with Gasteiger partial charge in [-0.25, -0.2) is 0 Å². The minimum atomic E-state index is -0.00915. The molecule has 306 valence electrons. The maximum atomic E-state index is 2.67. The molecule has 0 aliphatic carbocycles. The van der Waals surface area contributed by atoms with E-state index in [1.54, 1.807) is 0 Å². The second-order valence-corrected chi connectivity index (χ2v) is 22.9. The van der Waals surface area contributed by atoms with Crippen molar-refractivity contribution < 1.29 is 0 Å². The van der Waals surface area contributed by atoms with Crippen molar-refractivity contribution in [1.82, 2.24) is 0 Å². The molecule has 2 aliphatic rings. The molecule has 2 aliphatic heterocycles. The molecule has 0 radical (unpaired) electrons. The van der Waals surface area contributed by atoms with Crippen LogP contribution in [0.4, 0.5) is 34.1 Å². The highest BCUT2D eigenvalue weighted by Gasteiger charge is 2.46. The van der Waals surface area contributed by atoms with E-state index in [0.29, 0.717) is 0 Å². The topological polar surface area (TPSA) is 6.48 Å². The van der Waals surface area contributed by atoms with Gasteiger partial charge in [-0.1, -0.05) is 117 Å². The summed E-state index contributed by atoms with van der Waals surface area (Å²) < 4.78 is 4.11. The molecule has 0 saturated heterocycles. The SMILES string of the molecule is Cc1cc(-c2csc3ccccc23)cc(C)c1N1c2ccc(C(C)(C)C)cc2B2c3sc4ccc(C(C)(C)C)cc4c3N(c3c(C)cc(C(C)(C)C)cc3C)c3cccc1c32. The Kier molecular flexibility index (Phi) is 8.99. The zero-order valence-electron chi connectivity index (χ0n) is 38.2. The number of rotatable bonds is 3. The molecule has 0 N–H and O–H groups in total. The zero-order chi connectivity index (χ0) is 43.1. The van der Waals surface area contributed by atoms with Crippen LogP contribution in [0, 0.1) is 27.7 Å². The van der Waals surface area contributed by atoms with Crippen LogP contribution in [0.15, 0.2) is 109 Å². The number of anilines is 6. The summed E-state index contributed by atoms with van der Waals surface area (Å²) >= 11 is 3.83. The van der Waals surface area contributed by atoms with Gasteiger partial charge in [0, 0.05) is 47.6 Å². The maximum Gasteiger partial charge on any atom is 0.264 e. The lowest BCUT2D eigenvalue weighted by Crippen LogP contribution is -2.60. The molecule has 10 rings (SSSR count). The number of fused-ring (bicyclic) bond motifs is 7. The van der Waals surface area contributed by atoms with Gasteiger partial charge in [-0.15, -0.1) is 22.7 Å². The van der Waals surface area contributed by atoms with Crippen LogP contribution in [-0.4, -0.2) is 6.71 Å². The largest absolute Gasteiger partial charge is 0.311 e. The number of thiophene rings is 2. The highest BCUT2D eigenvalue weighted by Crippen LogP contribution is 2.51. The van der Waals surface area contributed by atoms with Crippen LogP contribution >= 0.6 is 22.7 Å². The summed E-state index contributed by atoms with van der Waals surface area (Å²) in [6.45, 7) is 30.4. The summed E-state index contributed by atoms with van der Waals surface area (Å²) in [5.74, 6) is 0. The third-order valence-electron chi connectivity index (χ3n) is 13.4. The van der Waals surface area contributed by atoms with Gasteiger partial charge in [0.1, 0.15) is 0 Å². The lowest BCUT2D eigenvalue weighted by atomic mass is 9.36. The Morgan fingerprint density at radius 2 is 1.05 bits per heavy atom. The monoisotopic (exact) mass is 832 g/mol. The van der Waals surface area contributed by atoms with Crippen LogP contribution in [-0.2, 0) is 16.2 Å². The first-order chi connectivity index (χ1) is 28.8. The van der Waals surface area contributed by atoms with Crippen LogP contribution in [0.2, 0.25) is 0 Å². The molecule has 4 heterocycles. The highest BCUT2D eigenvalue weighted by molar-refractivity contribution is 7.33. The summed E-state index contributed by atoms with van der Waals surface area (Å²) in [5.41, 5.74) is 22.4. The van der Waals surface area contributed by atoms with E-state index in [2.05, 4.69) is 208 Å². The van der Waals surface area contributed by atoms with E-state index in [4.69, 9.17) is 0 Å². The van der Waals surface area contributed by atoms with E-state index in [0.717, 1.165) is 0 Å². The van der Waals surface area contributed by atoms with Gasteiger partial charge in [-0.2, -0.15) is 0 Å². The Labute approximate surface area is 372 Å². The number of aryl methyl sites for hydroxylation is 4. The normalized spacial score (nSPS) is 13.9. The van der Waals surface area contributed by atoms with E-state index in [1.807, 2.05) is 22.7 Å². The third-order valence-corrected chi connectivity index (χ3v) is 15.6. The predicted molar refractivity (Wildman–Crippen MR) is 272 cm³/mol. The first-order valence-corrected chi connectivity index (χ1v) is 23.6. The summed E-state index contributed by atoms with van der Waals surface area (Å²) in [6, 6.07) is 40.3. The van der Waals surface area contributed by atoms with E-state index in [-0.39, 0.29) is 23.0 Å². The van der Waals surface area contributed by atoms with Crippen molar-refractivity contribution in [3.63, 3.8) is 0 Å². The fourth-order valence-corrected chi connectivity index (χ4v) is 12.5. The lowest BCUT2D eigenvalue weighted by molar-refractivity contribution is 0.589. The molecule has 61 heavy (non-hydrogen) atoms. The van der Waals surface area contributed by atoms with Crippen molar-refractivity contribution in [3.8, 4) is 11.1 Å². The second-order valence-electron chi connectivity index (χ2n) is 20.9. The summed E-state index contributed by atoms with van der Waals surface area (Å²) in [5, 5.41) is 5.01. The molecule has 8 aromatic rings. The molecular weight excluding hydrogens is 776 g/mol. The van der Waals surface area contributed by atoms with Gasteiger partial charge >= 0.3 is 0 Å². The van der Waals surface area contributed by atoms with E-state index < -0.39 is 0 Å². The Morgan fingerprint density at radius 1 is 0.475 bits per heavy atom. The minimum absolute atomic E-state index is 0.00915. The van der Waals surface area contributed by atoms with Crippen molar-refractivity contribution in [2.45, 2.75) is 106 Å². The van der Waals surface area contributed by atoms with Gasteiger partial charge < -0.3 is 9.80 Å². The number of nitrogens with zero attached hydrogens (tertiary/aromatic N) is 2. The van der Waals surface area contributed by atoms with Gasteiger partial charge in [-0.05, 0) is 153 Å². The molecule has 2 nitrogen and oxygen atoms in total. The standard InChI is InChI=1S/C56H57BN2S2/c1-32-25-36(42-31-60-47-20-15-14-17-40(42)47)26-33(2)50(32)58-44-23-21-38(55(8,9)10)30-43(44)57-49-45(58)18-16-19-46(49)59(51-34(3)27-39(28-35(51)4)56(11,12)13)52-41-29-37(54(5,6)7)22-24-48(41)61-53(52)57/h14-31H,1-13H3. The quantitative estimate of drug-likeness (QED) is 0.164. The number of hydrogen-bond acceptors (Lipinski definition) is 4. The van der Waals surface area contributed by atoms with Crippen LogP contribution in [0.3, 0.4) is 0 Å². The lowest BCUT2D eigenvalue weighted by Gasteiger charge is -2.44. The fraction of sp³-hybridized carbons (Fsp3) is 0.286. The Hall–Kier alpha value is -5.10. The Morgan fingerprint density at radius 3 is 1.70 bits per heavy atom. The van der Waals surface area contributed by atoms with E-state index in [9.17, 15) is 0 Å². The van der Waals surface area contributed by atoms with Gasteiger partial charge in [0.15, 0.2) is 0 Å². The molecular formula is C56H57BN2S2. The summed E-state index contributed by atoms with van der Waals surface area (Å²) in [4.78, 5) is 5.29. The first kappa shape index (κ1) is 40.0. The molecule has 0 atom stereocenters. The second kappa shape index (κ2) is 13.7. The Bertz CT molecular complexity index is 3060. The average molecular weight is 833 g/mol. The smallest absolute Gasteiger partial charge is 0.264 e. The van der Waals surface area contributed by atoms with Crippen LogP contribution in [0.25, 0.3) is 31.3 Å². The van der Waals surface area contributed by atoms with E-state index >= 15 is 0 Å². The molecule has 0 spiro atoms. The van der Waals surface area contributed by atoms with Gasteiger partial charge in [0.25, 0.3) is 6.71 Å². The van der Waals surface area contributed by atoms with Gasteiger partial charge in [0.05, 0.1) is 17.1 Å². The first-order valence-electron chi connectivity index (χ1n) is 22.0. The minimum Gasteiger partial charge on any atom is -0.311 e. The van der Waals surface area contributed by atoms with Crippen LogP contribution < -0.4 is 25.5 Å². The molecule has 0 saturated carbocycles. The molecule has 6 aromatic carbocycles. The van der Waals surface area contributed by atoms with Crippen molar-refractivity contribution in [2.75, 3.05) is 9.80 Å². The fourth-order valence-electron chi connectivity index (χ4n) is 10.2. The number of benzene rings is 6. The van der Waals surface area contributed by atoms with Crippen molar-refractivity contribution in [3.05, 3.63) is 147 Å². The molecule has 5 heteroatoms. The molecule has 0 unspecified atom stereocenters. The van der Waals surface area contributed by atoms with Gasteiger partial charge in [0.2, 0.25) is 0 Å². The molecule has 2 aromatic heterocycles. The van der Waals surface area contributed by atoms with E-state index in [1.165, 1.54) is 120 Å². The number of hydrogen-bond donors (Lipinski definition) is 0. The average Bonchev–Trinajstić information content (AvgIpc) is 3.79. The van der Waals surface area contributed by atoms with Crippen molar-refractivity contribution in [1.29, 1.82) is 0 Å². The Balaban J connectivity index is 1.29. The highest BCUT2D eigenvalue weighted by atomic mass is 32.1.